The van der Waals surface area contributed by atoms with Crippen LogP contribution in [0.1, 0.15) is 0 Å². The van der Waals surface area contributed by atoms with Gasteiger partial charge in [-0.05, 0) is 23.3 Å². The summed E-state index contributed by atoms with van der Waals surface area (Å²) in [5.74, 6) is 0. The summed E-state index contributed by atoms with van der Waals surface area (Å²) in [5.41, 5.74) is 3.89. The molecular weight excluding hydrogens is 286 g/mol. The number of aromatic nitrogens is 3. The van der Waals surface area contributed by atoms with Crippen LogP contribution in [0.3, 0.4) is 0 Å². The number of benzene rings is 2. The van der Waals surface area contributed by atoms with Gasteiger partial charge in [0.25, 0.3) is 0 Å². The van der Waals surface area contributed by atoms with Crippen LogP contribution in [0.25, 0.3) is 22.4 Å². The lowest BCUT2D eigenvalue weighted by molar-refractivity contribution is 0.373. The second kappa shape index (κ2) is 5.89. The SMILES string of the molecule is COc1ncc(-c2ccc(-c3ccc(Cl)cc3)cc2)nn1. The van der Waals surface area contributed by atoms with Gasteiger partial charge in [0, 0.05) is 10.6 Å². The zero-order valence-electron chi connectivity index (χ0n) is 11.3. The standard InChI is InChI=1S/C16H12ClN3O/c1-21-16-18-10-15(19-20-16)13-4-2-11(3-5-13)12-6-8-14(17)9-7-12/h2-10H,1H3. The van der Waals surface area contributed by atoms with Crippen molar-refractivity contribution >= 4 is 11.6 Å². The zero-order chi connectivity index (χ0) is 14.7. The minimum Gasteiger partial charge on any atom is -0.466 e. The molecule has 0 aliphatic carbocycles. The highest BCUT2D eigenvalue weighted by molar-refractivity contribution is 6.30. The van der Waals surface area contributed by atoms with Gasteiger partial charge in [0.1, 0.15) is 5.69 Å². The predicted octanol–water partition coefficient (Wildman–Crippen LogP) is 3.87. The van der Waals surface area contributed by atoms with E-state index in [2.05, 4.69) is 15.2 Å². The number of hydrogen-bond donors (Lipinski definition) is 0. The Kier molecular flexibility index (Phi) is 3.79. The maximum Gasteiger partial charge on any atom is 0.335 e. The maximum absolute atomic E-state index is 5.90. The molecule has 3 rings (SSSR count). The molecule has 1 aromatic heterocycles. The fourth-order valence-electron chi connectivity index (χ4n) is 1.97. The molecule has 0 radical (unpaired) electrons. The van der Waals surface area contributed by atoms with Crippen LogP contribution in [0.5, 0.6) is 6.01 Å². The first kappa shape index (κ1) is 13.5. The van der Waals surface area contributed by atoms with Crippen LogP contribution in [0.15, 0.2) is 54.7 Å². The summed E-state index contributed by atoms with van der Waals surface area (Å²) in [6.45, 7) is 0. The van der Waals surface area contributed by atoms with Crippen LogP contribution < -0.4 is 4.74 Å². The van der Waals surface area contributed by atoms with Crippen molar-refractivity contribution in [2.24, 2.45) is 0 Å². The molecule has 21 heavy (non-hydrogen) atoms. The van der Waals surface area contributed by atoms with Crippen LogP contribution in [-0.2, 0) is 0 Å². The Bertz CT molecular complexity index is 725. The summed E-state index contributed by atoms with van der Waals surface area (Å²) in [4.78, 5) is 4.05. The van der Waals surface area contributed by atoms with E-state index in [4.69, 9.17) is 16.3 Å². The smallest absolute Gasteiger partial charge is 0.335 e. The summed E-state index contributed by atoms with van der Waals surface area (Å²) < 4.78 is 4.90. The lowest BCUT2D eigenvalue weighted by atomic mass is 10.0. The van der Waals surface area contributed by atoms with E-state index in [9.17, 15) is 0 Å². The maximum atomic E-state index is 5.90. The molecule has 0 aliphatic heterocycles. The summed E-state index contributed by atoms with van der Waals surface area (Å²) in [6.07, 6.45) is 1.64. The number of ether oxygens (including phenoxy) is 1. The van der Waals surface area contributed by atoms with Crippen molar-refractivity contribution in [1.29, 1.82) is 0 Å². The Morgan fingerprint density at radius 3 is 1.90 bits per heavy atom. The molecule has 0 saturated heterocycles. The highest BCUT2D eigenvalue weighted by Gasteiger charge is 2.03. The molecule has 0 unspecified atom stereocenters. The molecule has 3 aromatic rings. The minimum absolute atomic E-state index is 0.261. The lowest BCUT2D eigenvalue weighted by Gasteiger charge is -2.04. The van der Waals surface area contributed by atoms with Gasteiger partial charge in [0.15, 0.2) is 0 Å². The topological polar surface area (TPSA) is 47.9 Å². The molecule has 104 valence electrons. The summed E-state index contributed by atoms with van der Waals surface area (Å²) in [5, 5.41) is 8.68. The first-order valence-electron chi connectivity index (χ1n) is 6.36. The Hall–Kier alpha value is -2.46. The van der Waals surface area contributed by atoms with Gasteiger partial charge < -0.3 is 4.74 Å². The van der Waals surface area contributed by atoms with Crippen molar-refractivity contribution < 1.29 is 4.74 Å². The van der Waals surface area contributed by atoms with E-state index >= 15 is 0 Å². The van der Waals surface area contributed by atoms with Gasteiger partial charge in [0.2, 0.25) is 0 Å². The predicted molar refractivity (Wildman–Crippen MR) is 82.3 cm³/mol. The Labute approximate surface area is 127 Å². The van der Waals surface area contributed by atoms with Gasteiger partial charge in [-0.3, -0.25) is 0 Å². The van der Waals surface area contributed by atoms with E-state index in [1.54, 1.807) is 6.20 Å². The van der Waals surface area contributed by atoms with Crippen molar-refractivity contribution in [1.82, 2.24) is 15.2 Å². The molecule has 5 heteroatoms. The molecule has 0 saturated carbocycles. The van der Waals surface area contributed by atoms with Gasteiger partial charge in [-0.1, -0.05) is 53.1 Å². The monoisotopic (exact) mass is 297 g/mol. The Morgan fingerprint density at radius 1 is 0.810 bits per heavy atom. The van der Waals surface area contributed by atoms with E-state index < -0.39 is 0 Å². The highest BCUT2D eigenvalue weighted by Crippen LogP contribution is 2.24. The van der Waals surface area contributed by atoms with Gasteiger partial charge in [0.05, 0.1) is 13.3 Å². The molecule has 0 bridgehead atoms. The molecule has 0 spiro atoms. The van der Waals surface area contributed by atoms with Crippen LogP contribution in [0.4, 0.5) is 0 Å². The van der Waals surface area contributed by atoms with Crippen LogP contribution >= 0.6 is 11.6 Å². The molecule has 0 amide bonds. The van der Waals surface area contributed by atoms with Gasteiger partial charge >= 0.3 is 6.01 Å². The number of methoxy groups -OCH3 is 1. The van der Waals surface area contributed by atoms with E-state index in [-0.39, 0.29) is 6.01 Å². The van der Waals surface area contributed by atoms with Crippen molar-refractivity contribution in [3.63, 3.8) is 0 Å². The number of hydrogen-bond acceptors (Lipinski definition) is 4. The van der Waals surface area contributed by atoms with Crippen molar-refractivity contribution in [2.45, 2.75) is 0 Å². The normalized spacial score (nSPS) is 10.4. The van der Waals surface area contributed by atoms with Crippen molar-refractivity contribution in [2.75, 3.05) is 7.11 Å². The minimum atomic E-state index is 0.261. The number of nitrogens with zero attached hydrogens (tertiary/aromatic N) is 3. The molecule has 4 nitrogen and oxygen atoms in total. The lowest BCUT2D eigenvalue weighted by Crippen LogP contribution is -1.95. The second-order valence-electron chi connectivity index (χ2n) is 4.41. The summed E-state index contributed by atoms with van der Waals surface area (Å²) in [6, 6.07) is 16.0. The summed E-state index contributed by atoms with van der Waals surface area (Å²) >= 11 is 5.90. The van der Waals surface area contributed by atoms with Crippen molar-refractivity contribution in [3.8, 4) is 28.4 Å². The van der Waals surface area contributed by atoms with E-state index in [0.717, 1.165) is 21.7 Å². The fraction of sp³-hybridized carbons (Fsp3) is 0.0625. The highest BCUT2D eigenvalue weighted by atomic mass is 35.5. The molecule has 2 aromatic carbocycles. The average Bonchev–Trinajstić information content (AvgIpc) is 2.56. The Balaban J connectivity index is 1.87. The summed E-state index contributed by atoms with van der Waals surface area (Å²) in [7, 11) is 1.51. The molecular formula is C16H12ClN3O. The van der Waals surface area contributed by atoms with Crippen LogP contribution in [0, 0.1) is 0 Å². The van der Waals surface area contributed by atoms with E-state index in [0.29, 0.717) is 5.69 Å². The van der Waals surface area contributed by atoms with E-state index in [1.165, 1.54) is 7.11 Å². The van der Waals surface area contributed by atoms with Crippen LogP contribution in [-0.4, -0.2) is 22.3 Å². The third-order valence-corrected chi connectivity index (χ3v) is 3.33. The molecule has 0 N–H and O–H groups in total. The van der Waals surface area contributed by atoms with Crippen molar-refractivity contribution in [3.05, 3.63) is 59.8 Å². The largest absolute Gasteiger partial charge is 0.466 e. The molecule has 0 fully saturated rings. The third-order valence-electron chi connectivity index (χ3n) is 3.08. The zero-order valence-corrected chi connectivity index (χ0v) is 12.1. The number of halogens is 1. The van der Waals surface area contributed by atoms with Gasteiger partial charge in [-0.2, -0.15) is 0 Å². The number of rotatable bonds is 3. The quantitative estimate of drug-likeness (QED) is 0.736. The van der Waals surface area contributed by atoms with Gasteiger partial charge in [-0.15, -0.1) is 5.10 Å². The first-order chi connectivity index (χ1) is 10.3. The second-order valence-corrected chi connectivity index (χ2v) is 4.85. The fourth-order valence-corrected chi connectivity index (χ4v) is 2.09. The Morgan fingerprint density at radius 2 is 1.38 bits per heavy atom. The third kappa shape index (κ3) is 3.01. The van der Waals surface area contributed by atoms with Crippen LogP contribution in [0.2, 0.25) is 5.02 Å². The molecule has 0 atom stereocenters. The van der Waals surface area contributed by atoms with E-state index in [1.807, 2.05) is 48.5 Å². The molecule has 0 aliphatic rings. The molecule has 1 heterocycles. The average molecular weight is 298 g/mol. The van der Waals surface area contributed by atoms with Gasteiger partial charge in [-0.25, -0.2) is 4.98 Å². The first-order valence-corrected chi connectivity index (χ1v) is 6.74.